The van der Waals surface area contributed by atoms with Gasteiger partial charge in [-0.25, -0.2) is 0 Å². The molecular formula is C16H19F2NO2S. The molecule has 0 fully saturated rings. The molecule has 1 unspecified atom stereocenters. The van der Waals surface area contributed by atoms with Crippen molar-refractivity contribution in [3.63, 3.8) is 0 Å². The van der Waals surface area contributed by atoms with Gasteiger partial charge in [-0.2, -0.15) is 8.78 Å². The molecule has 1 atom stereocenters. The first-order valence-electron chi connectivity index (χ1n) is 6.95. The highest BCUT2D eigenvalue weighted by Gasteiger charge is 2.10. The van der Waals surface area contributed by atoms with E-state index in [0.29, 0.717) is 30.6 Å². The average Bonchev–Trinajstić information content (AvgIpc) is 2.98. The molecule has 0 aliphatic heterocycles. The molecule has 0 spiro atoms. The molecule has 1 heterocycles. The van der Waals surface area contributed by atoms with Crippen molar-refractivity contribution in [3.8, 4) is 0 Å². The van der Waals surface area contributed by atoms with Gasteiger partial charge in [0.05, 0.1) is 18.4 Å². The van der Waals surface area contributed by atoms with Crippen molar-refractivity contribution in [1.82, 2.24) is 5.32 Å². The lowest BCUT2D eigenvalue weighted by Crippen LogP contribution is -2.22. The van der Waals surface area contributed by atoms with Gasteiger partial charge in [-0.15, -0.1) is 0 Å². The Hall–Kier alpha value is -1.37. The van der Waals surface area contributed by atoms with Crippen LogP contribution in [0.1, 0.15) is 23.2 Å². The van der Waals surface area contributed by atoms with E-state index in [1.165, 1.54) is 0 Å². The summed E-state index contributed by atoms with van der Waals surface area (Å²) in [4.78, 5) is 0. The summed E-state index contributed by atoms with van der Waals surface area (Å²) in [5, 5.41) is 3.26. The van der Waals surface area contributed by atoms with Crippen LogP contribution < -0.4 is 5.32 Å². The second-order valence-electron chi connectivity index (χ2n) is 4.71. The number of thioether (sulfide) groups is 1. The van der Waals surface area contributed by atoms with E-state index in [-0.39, 0.29) is 11.9 Å². The van der Waals surface area contributed by atoms with Gasteiger partial charge in [0.15, 0.2) is 0 Å². The normalized spacial score (nSPS) is 12.7. The minimum atomic E-state index is -2.37. The summed E-state index contributed by atoms with van der Waals surface area (Å²) in [6.45, 7) is 1.17. The van der Waals surface area contributed by atoms with E-state index < -0.39 is 5.76 Å². The molecular weight excluding hydrogens is 308 g/mol. The number of benzene rings is 1. The summed E-state index contributed by atoms with van der Waals surface area (Å²) >= 11 is 0.560. The summed E-state index contributed by atoms with van der Waals surface area (Å²) in [5.74, 6) is -0.899. The molecule has 0 saturated heterocycles. The van der Waals surface area contributed by atoms with Crippen molar-refractivity contribution in [2.75, 3.05) is 13.7 Å². The van der Waals surface area contributed by atoms with Gasteiger partial charge < -0.3 is 14.5 Å². The predicted octanol–water partition coefficient (Wildman–Crippen LogP) is 4.21. The first-order chi connectivity index (χ1) is 10.7. The molecule has 22 heavy (non-hydrogen) atoms. The number of nitrogens with one attached hydrogen (secondary N) is 1. The Morgan fingerprint density at radius 2 is 1.86 bits per heavy atom. The van der Waals surface area contributed by atoms with Crippen LogP contribution >= 0.6 is 11.8 Å². The maximum atomic E-state index is 12.1. The lowest BCUT2D eigenvalue weighted by atomic mass is 10.1. The largest absolute Gasteiger partial charge is 0.464 e. The lowest BCUT2D eigenvalue weighted by molar-refractivity contribution is 0.101. The van der Waals surface area contributed by atoms with Crippen molar-refractivity contribution in [2.24, 2.45) is 0 Å². The fourth-order valence-electron chi connectivity index (χ4n) is 2.07. The van der Waals surface area contributed by atoms with Gasteiger partial charge in [-0.1, -0.05) is 42.1 Å². The summed E-state index contributed by atoms with van der Waals surface area (Å²) < 4.78 is 35.2. The maximum Gasteiger partial charge on any atom is 0.284 e. The smallest absolute Gasteiger partial charge is 0.284 e. The van der Waals surface area contributed by atoms with E-state index in [9.17, 15) is 8.78 Å². The van der Waals surface area contributed by atoms with Crippen molar-refractivity contribution < 1.29 is 17.9 Å². The Morgan fingerprint density at radius 3 is 2.55 bits per heavy atom. The van der Waals surface area contributed by atoms with Crippen molar-refractivity contribution in [1.29, 1.82) is 0 Å². The predicted molar refractivity (Wildman–Crippen MR) is 83.9 cm³/mol. The van der Waals surface area contributed by atoms with Crippen LogP contribution in [0, 0.1) is 0 Å². The highest BCUT2D eigenvalue weighted by atomic mass is 32.2. The zero-order valence-electron chi connectivity index (χ0n) is 12.3. The van der Waals surface area contributed by atoms with Crippen LogP contribution in [0.3, 0.4) is 0 Å². The number of ether oxygens (including phenoxy) is 1. The summed E-state index contributed by atoms with van der Waals surface area (Å²) in [5.41, 5.74) is 1.10. The molecule has 1 aromatic heterocycles. The third-order valence-corrected chi connectivity index (χ3v) is 3.86. The van der Waals surface area contributed by atoms with Gasteiger partial charge in [0.1, 0.15) is 11.5 Å². The second kappa shape index (κ2) is 8.92. The number of methoxy groups -OCH3 is 1. The summed E-state index contributed by atoms with van der Waals surface area (Å²) in [6.07, 6.45) is -0.0370. The quantitative estimate of drug-likeness (QED) is 0.748. The van der Waals surface area contributed by atoms with E-state index in [2.05, 4.69) is 5.32 Å². The molecule has 0 aliphatic carbocycles. The van der Waals surface area contributed by atoms with Gasteiger partial charge in [0, 0.05) is 13.7 Å². The van der Waals surface area contributed by atoms with Crippen LogP contribution in [-0.2, 0) is 17.0 Å². The van der Waals surface area contributed by atoms with Gasteiger partial charge >= 0.3 is 0 Å². The standard InChI is InChI=1S/C16H19F2NO2S/c1-20-15(12-5-3-2-4-6-12)10-19-9-13-7-8-14(21-13)11-22-16(17)18/h2-8,15-16,19H,9-11H2,1H3. The van der Waals surface area contributed by atoms with Gasteiger partial charge in [0.2, 0.25) is 0 Å². The number of furan rings is 1. The molecule has 6 heteroatoms. The second-order valence-corrected chi connectivity index (χ2v) is 5.68. The molecule has 0 saturated carbocycles. The fourth-order valence-corrected chi connectivity index (χ4v) is 2.52. The number of hydrogen-bond acceptors (Lipinski definition) is 4. The molecule has 0 amide bonds. The van der Waals surface area contributed by atoms with Crippen LogP contribution in [0.4, 0.5) is 8.78 Å². The summed E-state index contributed by atoms with van der Waals surface area (Å²) in [6, 6.07) is 13.5. The molecule has 2 rings (SSSR count). The van der Waals surface area contributed by atoms with Crippen molar-refractivity contribution >= 4 is 11.8 Å². The first kappa shape index (κ1) is 17.0. The van der Waals surface area contributed by atoms with Crippen molar-refractivity contribution in [3.05, 3.63) is 59.5 Å². The molecule has 0 radical (unpaired) electrons. The topological polar surface area (TPSA) is 34.4 Å². The Bertz CT molecular complexity index is 548. The minimum absolute atomic E-state index is 0.0370. The van der Waals surface area contributed by atoms with E-state index in [0.717, 1.165) is 11.3 Å². The molecule has 0 aliphatic rings. The molecule has 2 aromatic rings. The fraction of sp³-hybridized carbons (Fsp3) is 0.375. The van der Waals surface area contributed by atoms with Crippen LogP contribution in [0.25, 0.3) is 0 Å². The zero-order valence-corrected chi connectivity index (χ0v) is 13.1. The first-order valence-corrected chi connectivity index (χ1v) is 7.99. The molecule has 1 N–H and O–H groups in total. The van der Waals surface area contributed by atoms with E-state index >= 15 is 0 Å². The zero-order chi connectivity index (χ0) is 15.8. The summed E-state index contributed by atoms with van der Waals surface area (Å²) in [7, 11) is 1.67. The van der Waals surface area contributed by atoms with E-state index in [1.54, 1.807) is 19.2 Å². The maximum absolute atomic E-state index is 12.1. The van der Waals surface area contributed by atoms with Gasteiger partial charge in [0.25, 0.3) is 5.76 Å². The Kier molecular flexibility index (Phi) is 6.89. The van der Waals surface area contributed by atoms with E-state index in [1.807, 2.05) is 30.3 Å². The average molecular weight is 327 g/mol. The van der Waals surface area contributed by atoms with Gasteiger partial charge in [-0.3, -0.25) is 0 Å². The van der Waals surface area contributed by atoms with Crippen LogP contribution in [0.15, 0.2) is 46.9 Å². The molecule has 1 aromatic carbocycles. The third-order valence-electron chi connectivity index (χ3n) is 3.15. The van der Waals surface area contributed by atoms with E-state index in [4.69, 9.17) is 9.15 Å². The van der Waals surface area contributed by atoms with Crippen molar-refractivity contribution in [2.45, 2.75) is 24.2 Å². The number of halogens is 2. The van der Waals surface area contributed by atoms with Gasteiger partial charge in [-0.05, 0) is 17.7 Å². The Morgan fingerprint density at radius 1 is 1.14 bits per heavy atom. The lowest BCUT2D eigenvalue weighted by Gasteiger charge is -2.16. The Labute approximate surface area is 133 Å². The number of rotatable bonds is 9. The number of alkyl halides is 2. The third kappa shape index (κ3) is 5.44. The Balaban J connectivity index is 1.78. The minimum Gasteiger partial charge on any atom is -0.464 e. The molecule has 0 bridgehead atoms. The monoisotopic (exact) mass is 327 g/mol. The van der Waals surface area contributed by atoms with Crippen LogP contribution in [0.2, 0.25) is 0 Å². The molecule has 3 nitrogen and oxygen atoms in total. The van der Waals surface area contributed by atoms with Crippen LogP contribution in [0.5, 0.6) is 0 Å². The highest BCUT2D eigenvalue weighted by Crippen LogP contribution is 2.21. The SMILES string of the molecule is COC(CNCc1ccc(CSC(F)F)o1)c1ccccc1. The van der Waals surface area contributed by atoms with Crippen LogP contribution in [-0.4, -0.2) is 19.4 Å². The highest BCUT2D eigenvalue weighted by molar-refractivity contribution is 7.98. The number of hydrogen-bond donors (Lipinski definition) is 1. The molecule has 120 valence electrons.